The Morgan fingerprint density at radius 1 is 1.13 bits per heavy atom. The van der Waals surface area contributed by atoms with Crippen LogP contribution in [0.5, 0.6) is 11.5 Å². The summed E-state index contributed by atoms with van der Waals surface area (Å²) in [6, 6.07) is 10.9. The highest BCUT2D eigenvalue weighted by Gasteiger charge is 2.22. The third kappa shape index (κ3) is 5.36. The monoisotopic (exact) mass is 411 g/mol. The Morgan fingerprint density at radius 3 is 2.40 bits per heavy atom. The summed E-state index contributed by atoms with van der Waals surface area (Å²) in [6.07, 6.45) is 2.68. The third-order valence-corrected chi connectivity index (χ3v) is 4.92. The van der Waals surface area contributed by atoms with Crippen LogP contribution >= 0.6 is 0 Å². The number of hydrogen-bond acceptors (Lipinski definition) is 6. The number of ether oxygens (including phenoxy) is 2. The van der Waals surface area contributed by atoms with E-state index < -0.39 is 4.92 Å². The zero-order valence-corrected chi connectivity index (χ0v) is 17.1. The van der Waals surface area contributed by atoms with Crippen molar-refractivity contribution in [2.24, 2.45) is 0 Å². The lowest BCUT2D eigenvalue weighted by atomic mass is 10.1. The van der Waals surface area contributed by atoms with Gasteiger partial charge in [-0.1, -0.05) is 38.1 Å². The number of carbonyl (C=O) groups is 1. The summed E-state index contributed by atoms with van der Waals surface area (Å²) >= 11 is 0. The van der Waals surface area contributed by atoms with Crippen molar-refractivity contribution in [2.75, 3.05) is 19.9 Å². The number of carbonyl (C=O) groups excluding carboxylic acids is 1. The van der Waals surface area contributed by atoms with E-state index in [1.165, 1.54) is 29.8 Å². The van der Waals surface area contributed by atoms with Crippen LogP contribution in [-0.2, 0) is 17.9 Å². The Hall–Kier alpha value is -3.39. The summed E-state index contributed by atoms with van der Waals surface area (Å²) in [4.78, 5) is 25.3. The minimum Gasteiger partial charge on any atom is -0.454 e. The number of rotatable bonds is 9. The Balaban J connectivity index is 1.58. The molecule has 0 unspecified atom stereocenters. The number of benzene rings is 2. The molecule has 1 aliphatic heterocycles. The molecule has 0 aliphatic carbocycles. The molecule has 0 atom stereocenters. The van der Waals surface area contributed by atoms with Crippen molar-refractivity contribution in [1.29, 1.82) is 0 Å². The van der Waals surface area contributed by atoms with Crippen molar-refractivity contribution < 1.29 is 19.2 Å². The predicted octanol–water partition coefficient (Wildman–Crippen LogP) is 3.49. The van der Waals surface area contributed by atoms with Crippen molar-refractivity contribution in [3.63, 3.8) is 0 Å². The first-order valence-electron chi connectivity index (χ1n) is 9.84. The molecule has 0 radical (unpaired) electrons. The van der Waals surface area contributed by atoms with Gasteiger partial charge >= 0.3 is 0 Å². The van der Waals surface area contributed by atoms with Gasteiger partial charge in [0.15, 0.2) is 11.5 Å². The highest BCUT2D eigenvalue weighted by atomic mass is 16.7. The van der Waals surface area contributed by atoms with E-state index in [2.05, 4.69) is 36.2 Å². The number of amides is 1. The van der Waals surface area contributed by atoms with Gasteiger partial charge in [-0.3, -0.25) is 19.8 Å². The maximum Gasteiger partial charge on any atom is 0.280 e. The highest BCUT2D eigenvalue weighted by Crippen LogP contribution is 2.38. The summed E-state index contributed by atoms with van der Waals surface area (Å²) in [6.45, 7) is 7.57. The molecule has 158 valence electrons. The number of nitro benzene ring substituents is 1. The van der Waals surface area contributed by atoms with Crippen LogP contribution in [0.4, 0.5) is 5.69 Å². The molecule has 0 bridgehead atoms. The average molecular weight is 411 g/mol. The summed E-state index contributed by atoms with van der Waals surface area (Å²) in [5, 5.41) is 14.1. The van der Waals surface area contributed by atoms with Gasteiger partial charge in [-0.25, -0.2) is 0 Å². The second kappa shape index (κ2) is 9.89. The molecule has 30 heavy (non-hydrogen) atoms. The second-order valence-corrected chi connectivity index (χ2v) is 6.85. The molecular formula is C22H25N3O5. The van der Waals surface area contributed by atoms with Crippen LogP contribution in [-0.4, -0.2) is 35.6 Å². The van der Waals surface area contributed by atoms with E-state index in [0.717, 1.165) is 25.2 Å². The fraction of sp³-hybridized carbons (Fsp3) is 0.318. The maximum absolute atomic E-state index is 12.2. The first-order chi connectivity index (χ1) is 14.5. The number of nitro groups is 1. The molecule has 0 aromatic heterocycles. The van der Waals surface area contributed by atoms with E-state index in [-0.39, 0.29) is 24.0 Å². The molecule has 0 spiro atoms. The minimum atomic E-state index is -0.515. The third-order valence-electron chi connectivity index (χ3n) is 4.92. The van der Waals surface area contributed by atoms with Crippen molar-refractivity contribution >= 4 is 17.7 Å². The fourth-order valence-electron chi connectivity index (χ4n) is 3.12. The van der Waals surface area contributed by atoms with Crippen LogP contribution < -0.4 is 14.8 Å². The standard InChI is InChI=1S/C22H25N3O5/c1-3-24(4-2)14-17-7-5-16(6-8-17)13-23-22(26)10-9-18-11-20-21(30-15-29-20)12-19(18)25(27)28/h5-12H,3-4,13-15H2,1-2H3,(H,23,26)/b10-9+. The zero-order chi connectivity index (χ0) is 21.5. The Morgan fingerprint density at radius 2 is 1.77 bits per heavy atom. The lowest BCUT2D eigenvalue weighted by molar-refractivity contribution is -0.385. The van der Waals surface area contributed by atoms with Gasteiger partial charge in [0, 0.05) is 19.2 Å². The molecular weight excluding hydrogens is 386 g/mol. The molecule has 8 nitrogen and oxygen atoms in total. The van der Waals surface area contributed by atoms with Crippen molar-refractivity contribution in [2.45, 2.75) is 26.9 Å². The van der Waals surface area contributed by atoms with Crippen molar-refractivity contribution in [1.82, 2.24) is 10.2 Å². The molecule has 1 amide bonds. The van der Waals surface area contributed by atoms with Crippen LogP contribution in [0, 0.1) is 10.1 Å². The smallest absolute Gasteiger partial charge is 0.280 e. The van der Waals surface area contributed by atoms with Gasteiger partial charge in [0.05, 0.1) is 16.6 Å². The van der Waals surface area contributed by atoms with Crippen molar-refractivity contribution in [3.05, 3.63) is 69.3 Å². The normalized spacial score (nSPS) is 12.5. The van der Waals surface area contributed by atoms with Gasteiger partial charge in [0.2, 0.25) is 12.7 Å². The van der Waals surface area contributed by atoms with Gasteiger partial charge in [-0.05, 0) is 36.4 Å². The number of hydrogen-bond donors (Lipinski definition) is 1. The second-order valence-electron chi connectivity index (χ2n) is 6.85. The molecule has 0 saturated carbocycles. The number of nitrogens with one attached hydrogen (secondary N) is 1. The topological polar surface area (TPSA) is 93.9 Å². The lowest BCUT2D eigenvalue weighted by Crippen LogP contribution is -2.22. The van der Waals surface area contributed by atoms with Crippen LogP contribution in [0.15, 0.2) is 42.5 Å². The van der Waals surface area contributed by atoms with E-state index >= 15 is 0 Å². The van der Waals surface area contributed by atoms with E-state index in [4.69, 9.17) is 9.47 Å². The van der Waals surface area contributed by atoms with Gasteiger partial charge < -0.3 is 14.8 Å². The highest BCUT2D eigenvalue weighted by molar-refractivity contribution is 5.92. The van der Waals surface area contributed by atoms with Crippen LogP contribution in [0.1, 0.15) is 30.5 Å². The van der Waals surface area contributed by atoms with Crippen LogP contribution in [0.2, 0.25) is 0 Å². The predicted molar refractivity (Wildman–Crippen MR) is 113 cm³/mol. The van der Waals surface area contributed by atoms with Gasteiger partial charge in [0.1, 0.15) is 0 Å². The molecule has 2 aromatic carbocycles. The summed E-state index contributed by atoms with van der Waals surface area (Å²) in [5.41, 5.74) is 2.34. The van der Waals surface area contributed by atoms with E-state index in [1.54, 1.807) is 0 Å². The molecule has 0 fully saturated rings. The summed E-state index contributed by atoms with van der Waals surface area (Å²) in [5.74, 6) is 0.410. The average Bonchev–Trinajstić information content (AvgIpc) is 3.22. The molecule has 0 saturated heterocycles. The van der Waals surface area contributed by atoms with Crippen LogP contribution in [0.25, 0.3) is 6.08 Å². The van der Waals surface area contributed by atoms with E-state index in [9.17, 15) is 14.9 Å². The fourth-order valence-corrected chi connectivity index (χ4v) is 3.12. The largest absolute Gasteiger partial charge is 0.454 e. The zero-order valence-electron chi connectivity index (χ0n) is 17.1. The lowest BCUT2D eigenvalue weighted by Gasteiger charge is -2.18. The molecule has 8 heteroatoms. The Kier molecular flexibility index (Phi) is 7.03. The van der Waals surface area contributed by atoms with Gasteiger partial charge in [-0.15, -0.1) is 0 Å². The number of fused-ring (bicyclic) bond motifs is 1. The SMILES string of the molecule is CCN(CC)Cc1ccc(CNC(=O)/C=C/c2cc3c(cc2[N+](=O)[O-])OCO3)cc1. The summed E-state index contributed by atoms with van der Waals surface area (Å²) < 4.78 is 10.4. The maximum atomic E-state index is 12.2. The Bertz CT molecular complexity index is 937. The molecule has 2 aromatic rings. The first-order valence-corrected chi connectivity index (χ1v) is 9.84. The minimum absolute atomic E-state index is 0.0217. The van der Waals surface area contributed by atoms with Crippen molar-refractivity contribution in [3.8, 4) is 11.5 Å². The molecule has 1 aliphatic rings. The molecule has 1 heterocycles. The van der Waals surface area contributed by atoms with E-state index in [0.29, 0.717) is 18.0 Å². The van der Waals surface area contributed by atoms with Crippen LogP contribution in [0.3, 0.4) is 0 Å². The van der Waals surface area contributed by atoms with E-state index in [1.807, 2.05) is 12.1 Å². The van der Waals surface area contributed by atoms with Gasteiger partial charge in [0.25, 0.3) is 5.69 Å². The molecule has 3 rings (SSSR count). The quantitative estimate of drug-likeness (QED) is 0.386. The Labute approximate surface area is 175 Å². The number of nitrogens with zero attached hydrogens (tertiary/aromatic N) is 2. The summed E-state index contributed by atoms with van der Waals surface area (Å²) in [7, 11) is 0. The van der Waals surface area contributed by atoms with Gasteiger partial charge in [-0.2, -0.15) is 0 Å². The molecule has 1 N–H and O–H groups in total. The first kappa shape index (κ1) is 21.3.